The maximum atomic E-state index is 11.2. The molecule has 0 aliphatic heterocycles. The van der Waals surface area contributed by atoms with Crippen LogP contribution >= 0.6 is 0 Å². The fourth-order valence-corrected chi connectivity index (χ4v) is 1.36. The van der Waals surface area contributed by atoms with E-state index >= 15 is 0 Å². The van der Waals surface area contributed by atoms with Crippen molar-refractivity contribution >= 4 is 23.4 Å². The zero-order valence-corrected chi connectivity index (χ0v) is 11.6. The number of rotatable bonds is 10. The number of amides is 2. The zero-order valence-electron chi connectivity index (χ0n) is 11.6. The van der Waals surface area contributed by atoms with E-state index in [0.29, 0.717) is 32.4 Å². The molecule has 6 nitrogen and oxygen atoms in total. The van der Waals surface area contributed by atoms with Gasteiger partial charge in [-0.3, -0.25) is 19.2 Å². The van der Waals surface area contributed by atoms with E-state index in [2.05, 4.69) is 10.6 Å². The smallest absolute Gasteiger partial charge is 0.227 e. The molecule has 0 spiro atoms. The van der Waals surface area contributed by atoms with Crippen LogP contribution < -0.4 is 10.6 Å². The van der Waals surface area contributed by atoms with Crippen LogP contribution in [-0.4, -0.2) is 36.5 Å². The Kier molecular flexibility index (Phi) is 9.30. The molecular weight excluding hydrogens is 248 g/mol. The monoisotopic (exact) mass is 270 g/mol. The lowest BCUT2D eigenvalue weighted by Gasteiger charge is -2.05. The Morgan fingerprint density at radius 1 is 0.842 bits per heavy atom. The van der Waals surface area contributed by atoms with E-state index in [1.54, 1.807) is 6.92 Å². The Hall–Kier alpha value is -1.72. The second kappa shape index (κ2) is 10.2. The molecule has 0 saturated carbocycles. The molecule has 0 saturated heterocycles. The minimum atomic E-state index is -0.273. The maximum absolute atomic E-state index is 11.2. The van der Waals surface area contributed by atoms with Gasteiger partial charge < -0.3 is 10.6 Å². The molecule has 0 radical (unpaired) electrons. The quantitative estimate of drug-likeness (QED) is 0.442. The zero-order chi connectivity index (χ0) is 14.7. The minimum Gasteiger partial charge on any atom is -0.356 e. The van der Waals surface area contributed by atoms with E-state index in [-0.39, 0.29) is 36.2 Å². The van der Waals surface area contributed by atoms with Gasteiger partial charge in [-0.2, -0.15) is 0 Å². The molecule has 0 aromatic rings. The summed E-state index contributed by atoms with van der Waals surface area (Å²) in [4.78, 5) is 44.0. The van der Waals surface area contributed by atoms with E-state index in [1.807, 2.05) is 0 Å². The summed E-state index contributed by atoms with van der Waals surface area (Å²) in [7, 11) is 0. The number of hydrogen-bond acceptors (Lipinski definition) is 4. The Balaban J connectivity index is 3.45. The normalized spacial score (nSPS) is 9.79. The van der Waals surface area contributed by atoms with E-state index in [4.69, 9.17) is 0 Å². The molecule has 0 aromatic heterocycles. The first-order chi connectivity index (χ1) is 8.95. The molecule has 19 heavy (non-hydrogen) atoms. The van der Waals surface area contributed by atoms with Gasteiger partial charge in [0.15, 0.2) is 0 Å². The van der Waals surface area contributed by atoms with Crippen LogP contribution in [0.25, 0.3) is 0 Å². The predicted octanol–water partition coefficient (Wildman–Crippen LogP) is 0.347. The average molecular weight is 270 g/mol. The molecule has 0 rings (SSSR count). The van der Waals surface area contributed by atoms with E-state index in [9.17, 15) is 19.2 Å². The van der Waals surface area contributed by atoms with Crippen molar-refractivity contribution in [3.63, 3.8) is 0 Å². The van der Waals surface area contributed by atoms with Crippen LogP contribution in [0.5, 0.6) is 0 Å². The van der Waals surface area contributed by atoms with Gasteiger partial charge in [-0.1, -0.05) is 6.92 Å². The van der Waals surface area contributed by atoms with Gasteiger partial charge in [0.2, 0.25) is 11.8 Å². The number of carbonyl (C=O) groups is 4. The topological polar surface area (TPSA) is 92.3 Å². The summed E-state index contributed by atoms with van der Waals surface area (Å²) in [6.07, 6.45) is 1.65. The van der Waals surface area contributed by atoms with Gasteiger partial charge >= 0.3 is 0 Å². The van der Waals surface area contributed by atoms with Gasteiger partial charge in [-0.25, -0.2) is 0 Å². The van der Waals surface area contributed by atoms with Crippen LogP contribution in [0, 0.1) is 0 Å². The number of carbonyl (C=O) groups excluding carboxylic acids is 4. The second-order valence-electron chi connectivity index (χ2n) is 4.35. The molecular formula is C13H22N2O4. The third-order valence-electron chi connectivity index (χ3n) is 2.41. The third-order valence-corrected chi connectivity index (χ3v) is 2.41. The van der Waals surface area contributed by atoms with Gasteiger partial charge in [0.05, 0.1) is 12.8 Å². The van der Waals surface area contributed by atoms with E-state index < -0.39 is 0 Å². The summed E-state index contributed by atoms with van der Waals surface area (Å²) in [5, 5.41) is 5.26. The first-order valence-electron chi connectivity index (χ1n) is 6.50. The van der Waals surface area contributed by atoms with E-state index in [0.717, 1.165) is 0 Å². The van der Waals surface area contributed by atoms with Crippen LogP contribution in [0.4, 0.5) is 0 Å². The lowest BCUT2D eigenvalue weighted by atomic mass is 10.2. The summed E-state index contributed by atoms with van der Waals surface area (Å²) >= 11 is 0. The van der Waals surface area contributed by atoms with Crippen molar-refractivity contribution in [3.05, 3.63) is 0 Å². The van der Waals surface area contributed by atoms with Crippen molar-refractivity contribution in [2.75, 3.05) is 13.1 Å². The van der Waals surface area contributed by atoms with Crippen molar-refractivity contribution in [2.24, 2.45) is 0 Å². The molecule has 2 amide bonds. The molecule has 2 N–H and O–H groups in total. The Morgan fingerprint density at radius 2 is 1.32 bits per heavy atom. The highest BCUT2D eigenvalue weighted by Crippen LogP contribution is 1.90. The first-order valence-corrected chi connectivity index (χ1v) is 6.50. The largest absolute Gasteiger partial charge is 0.356 e. The Labute approximate surface area is 113 Å². The maximum Gasteiger partial charge on any atom is 0.227 e. The molecule has 0 fully saturated rings. The average Bonchev–Trinajstić information content (AvgIpc) is 2.32. The Bertz CT molecular complexity index is 340. The van der Waals surface area contributed by atoms with Crippen LogP contribution in [0.3, 0.4) is 0 Å². The third kappa shape index (κ3) is 11.1. The molecule has 0 heterocycles. The number of unbranched alkanes of at least 4 members (excludes halogenated alkanes) is 1. The lowest BCUT2D eigenvalue weighted by molar-refractivity contribution is -0.129. The van der Waals surface area contributed by atoms with E-state index in [1.165, 1.54) is 6.92 Å². The summed E-state index contributed by atoms with van der Waals surface area (Å²) in [6, 6.07) is 0. The molecule has 0 aromatic carbocycles. The first kappa shape index (κ1) is 17.3. The molecule has 108 valence electrons. The van der Waals surface area contributed by atoms with Gasteiger partial charge in [0.25, 0.3) is 0 Å². The van der Waals surface area contributed by atoms with Crippen molar-refractivity contribution in [1.82, 2.24) is 10.6 Å². The van der Waals surface area contributed by atoms with Crippen molar-refractivity contribution < 1.29 is 19.2 Å². The summed E-state index contributed by atoms with van der Waals surface area (Å²) in [5.74, 6) is -0.767. The van der Waals surface area contributed by atoms with Crippen molar-refractivity contribution in [3.8, 4) is 0 Å². The lowest BCUT2D eigenvalue weighted by Crippen LogP contribution is -2.28. The SMILES string of the molecule is CCC(=O)CC(=O)NCCCCNC(=O)CC(C)=O. The summed E-state index contributed by atoms with van der Waals surface area (Å²) < 4.78 is 0. The van der Waals surface area contributed by atoms with Gasteiger partial charge in [-0.05, 0) is 19.8 Å². The molecule has 0 aliphatic carbocycles. The second-order valence-corrected chi connectivity index (χ2v) is 4.35. The fraction of sp³-hybridized carbons (Fsp3) is 0.692. The Morgan fingerprint density at radius 3 is 1.74 bits per heavy atom. The fourth-order valence-electron chi connectivity index (χ4n) is 1.36. The molecule has 0 unspecified atom stereocenters. The number of nitrogens with one attached hydrogen (secondary N) is 2. The summed E-state index contributed by atoms with van der Waals surface area (Å²) in [5.41, 5.74) is 0. The minimum absolute atomic E-state index is 0.0636. The number of ketones is 2. The molecule has 0 bridgehead atoms. The number of Topliss-reactive ketones (excluding diaryl/α,β-unsaturated/α-hetero) is 2. The van der Waals surface area contributed by atoms with Gasteiger partial charge in [0, 0.05) is 19.5 Å². The standard InChI is InChI=1S/C13H22N2O4/c1-3-11(17)9-13(19)15-7-5-4-6-14-12(18)8-10(2)16/h3-9H2,1-2H3,(H,14,18)(H,15,19). The highest BCUT2D eigenvalue weighted by Gasteiger charge is 2.06. The van der Waals surface area contributed by atoms with Crippen LogP contribution in [0.1, 0.15) is 46.0 Å². The number of hydrogen-bond donors (Lipinski definition) is 2. The van der Waals surface area contributed by atoms with Crippen LogP contribution in [-0.2, 0) is 19.2 Å². The van der Waals surface area contributed by atoms with Gasteiger partial charge in [0.1, 0.15) is 11.6 Å². The van der Waals surface area contributed by atoms with Gasteiger partial charge in [-0.15, -0.1) is 0 Å². The molecule has 0 aliphatic rings. The molecule has 6 heteroatoms. The van der Waals surface area contributed by atoms with Crippen LogP contribution in [0.2, 0.25) is 0 Å². The predicted molar refractivity (Wildman–Crippen MR) is 70.5 cm³/mol. The molecule has 0 atom stereocenters. The summed E-state index contributed by atoms with van der Waals surface area (Å²) in [6.45, 7) is 4.06. The highest BCUT2D eigenvalue weighted by molar-refractivity contribution is 5.97. The highest BCUT2D eigenvalue weighted by atomic mass is 16.2. The van der Waals surface area contributed by atoms with Crippen LogP contribution in [0.15, 0.2) is 0 Å². The van der Waals surface area contributed by atoms with Crippen molar-refractivity contribution in [1.29, 1.82) is 0 Å². The van der Waals surface area contributed by atoms with Crippen molar-refractivity contribution in [2.45, 2.75) is 46.0 Å².